The molecule has 0 bridgehead atoms. The maximum Gasteiger partial charge on any atom is 0.295 e. The van der Waals surface area contributed by atoms with Crippen LogP contribution in [0, 0.1) is 13.8 Å². The molecule has 1 unspecified atom stereocenters. The minimum Gasteiger partial charge on any atom is -0.507 e. The van der Waals surface area contributed by atoms with Crippen molar-refractivity contribution in [3.05, 3.63) is 89.0 Å². The highest BCUT2D eigenvalue weighted by Crippen LogP contribution is 2.40. The molecule has 1 aromatic heterocycles. The van der Waals surface area contributed by atoms with E-state index in [1.807, 2.05) is 67.1 Å². The molecule has 7 heteroatoms. The molecule has 2 heterocycles. The largest absolute Gasteiger partial charge is 0.507 e. The Hall–Kier alpha value is -3.87. The summed E-state index contributed by atoms with van der Waals surface area (Å²) in [5, 5.41) is 11.4. The Balaban J connectivity index is 1.68. The molecule has 0 spiro atoms. The fraction of sp³-hybridized carbons (Fsp3) is 0.367. The molecule has 37 heavy (non-hydrogen) atoms. The number of rotatable bonds is 11. The number of unbranched alkanes of at least 4 members (excludes halogenated alkanes) is 2. The zero-order valence-corrected chi connectivity index (χ0v) is 21.8. The first-order chi connectivity index (χ1) is 17.9. The summed E-state index contributed by atoms with van der Waals surface area (Å²) >= 11 is 0. The first kappa shape index (κ1) is 26.2. The van der Waals surface area contributed by atoms with Gasteiger partial charge < -0.3 is 19.3 Å². The van der Waals surface area contributed by atoms with Gasteiger partial charge in [-0.25, -0.2) is 4.98 Å². The standard InChI is InChI=1S/C30H35N3O4/c1-4-5-6-18-37-24-12-10-23(11-13-24)27-26(28(34)25-19-21(2)8-9-22(25)3)29(35)30(36)33(27)16-7-15-32-17-14-31-20-32/h8-14,17,19-20,27,34H,4-7,15-16,18H2,1-3H3. The number of nitrogens with zero attached hydrogens (tertiary/aromatic N) is 3. The second-order valence-corrected chi connectivity index (χ2v) is 9.59. The Morgan fingerprint density at radius 3 is 2.51 bits per heavy atom. The number of imidazole rings is 1. The molecule has 194 valence electrons. The molecule has 1 aliphatic rings. The third-order valence-corrected chi connectivity index (χ3v) is 6.78. The Labute approximate surface area is 218 Å². The predicted octanol–water partition coefficient (Wildman–Crippen LogP) is 5.58. The van der Waals surface area contributed by atoms with E-state index in [4.69, 9.17) is 4.74 Å². The van der Waals surface area contributed by atoms with E-state index < -0.39 is 17.7 Å². The zero-order chi connectivity index (χ0) is 26.4. The number of aliphatic hydroxyl groups is 1. The highest BCUT2D eigenvalue weighted by atomic mass is 16.5. The number of ketones is 1. The van der Waals surface area contributed by atoms with Crippen molar-refractivity contribution in [1.82, 2.24) is 14.5 Å². The van der Waals surface area contributed by atoms with Crippen molar-refractivity contribution in [3.8, 4) is 5.75 Å². The number of benzene rings is 2. The van der Waals surface area contributed by atoms with Crippen molar-refractivity contribution in [3.63, 3.8) is 0 Å². The topological polar surface area (TPSA) is 84.7 Å². The summed E-state index contributed by atoms with van der Waals surface area (Å²) in [6, 6.07) is 12.5. The first-order valence-corrected chi connectivity index (χ1v) is 12.9. The molecule has 1 N–H and O–H groups in total. The molecule has 1 saturated heterocycles. The number of aromatic nitrogens is 2. The lowest BCUT2D eigenvalue weighted by Gasteiger charge is -2.25. The van der Waals surface area contributed by atoms with Crippen LogP contribution in [-0.4, -0.2) is 44.4 Å². The minimum atomic E-state index is -0.683. The molecular formula is C30H35N3O4. The van der Waals surface area contributed by atoms with Crippen molar-refractivity contribution in [2.75, 3.05) is 13.2 Å². The van der Waals surface area contributed by atoms with Gasteiger partial charge in [-0.15, -0.1) is 0 Å². The van der Waals surface area contributed by atoms with E-state index in [1.165, 1.54) is 0 Å². The van der Waals surface area contributed by atoms with E-state index in [-0.39, 0.29) is 11.3 Å². The van der Waals surface area contributed by atoms with Crippen molar-refractivity contribution in [2.24, 2.45) is 0 Å². The van der Waals surface area contributed by atoms with E-state index >= 15 is 0 Å². The van der Waals surface area contributed by atoms with Crippen LogP contribution >= 0.6 is 0 Å². The van der Waals surface area contributed by atoms with E-state index in [0.717, 1.165) is 41.7 Å². The van der Waals surface area contributed by atoms with Crippen LogP contribution in [0.1, 0.15) is 60.9 Å². The number of carbonyl (C=O) groups excluding carboxylic acids is 2. The third-order valence-electron chi connectivity index (χ3n) is 6.78. The summed E-state index contributed by atoms with van der Waals surface area (Å²) in [6.45, 7) is 7.64. The summed E-state index contributed by atoms with van der Waals surface area (Å²) in [4.78, 5) is 32.2. The van der Waals surface area contributed by atoms with Crippen LogP contribution in [0.15, 0.2) is 66.8 Å². The number of ether oxygens (including phenoxy) is 1. The van der Waals surface area contributed by atoms with Crippen LogP contribution in [0.5, 0.6) is 5.75 Å². The molecule has 1 fully saturated rings. The average molecular weight is 502 g/mol. The molecule has 1 amide bonds. The highest BCUT2D eigenvalue weighted by molar-refractivity contribution is 6.46. The van der Waals surface area contributed by atoms with Gasteiger partial charge in [0.1, 0.15) is 11.5 Å². The van der Waals surface area contributed by atoms with E-state index in [1.54, 1.807) is 17.4 Å². The van der Waals surface area contributed by atoms with Crippen molar-refractivity contribution in [2.45, 2.75) is 59.0 Å². The Morgan fingerprint density at radius 1 is 1.03 bits per heavy atom. The second kappa shape index (κ2) is 11.9. The molecule has 3 aromatic rings. The third kappa shape index (κ3) is 5.93. The SMILES string of the molecule is CCCCCOc1ccc(C2C(=C(O)c3cc(C)ccc3C)C(=O)C(=O)N2CCCn2ccnc2)cc1. The van der Waals surface area contributed by atoms with E-state index in [9.17, 15) is 14.7 Å². The summed E-state index contributed by atoms with van der Waals surface area (Å²) in [5.41, 5.74) is 3.25. The van der Waals surface area contributed by atoms with Gasteiger partial charge in [0.05, 0.1) is 24.5 Å². The molecule has 4 rings (SSSR count). The summed E-state index contributed by atoms with van der Waals surface area (Å²) in [7, 11) is 0. The number of hydrogen-bond acceptors (Lipinski definition) is 5. The zero-order valence-electron chi connectivity index (χ0n) is 21.8. The highest BCUT2D eigenvalue weighted by Gasteiger charge is 2.45. The average Bonchev–Trinajstić information content (AvgIpc) is 3.50. The van der Waals surface area contributed by atoms with Crippen LogP contribution in [0.25, 0.3) is 5.76 Å². The fourth-order valence-corrected chi connectivity index (χ4v) is 4.72. The normalized spacial score (nSPS) is 16.9. The number of likely N-dealkylation sites (tertiary alicyclic amines) is 1. The van der Waals surface area contributed by atoms with Gasteiger partial charge in [-0.05, 0) is 56.0 Å². The molecule has 0 radical (unpaired) electrons. The van der Waals surface area contributed by atoms with Crippen LogP contribution < -0.4 is 4.74 Å². The Bertz CT molecular complexity index is 1260. The van der Waals surface area contributed by atoms with Gasteiger partial charge in [-0.1, -0.05) is 49.6 Å². The quantitative estimate of drug-likeness (QED) is 0.160. The van der Waals surface area contributed by atoms with Gasteiger partial charge in [0.25, 0.3) is 11.7 Å². The lowest BCUT2D eigenvalue weighted by molar-refractivity contribution is -0.139. The van der Waals surface area contributed by atoms with Crippen molar-refractivity contribution in [1.29, 1.82) is 0 Å². The minimum absolute atomic E-state index is 0.123. The van der Waals surface area contributed by atoms with E-state index in [2.05, 4.69) is 11.9 Å². The van der Waals surface area contributed by atoms with Gasteiger partial charge in [0.15, 0.2) is 0 Å². The maximum absolute atomic E-state index is 13.3. The number of aliphatic hydroxyl groups excluding tert-OH is 1. The molecule has 0 aliphatic carbocycles. The Kier molecular flexibility index (Phi) is 8.43. The molecule has 7 nitrogen and oxygen atoms in total. The van der Waals surface area contributed by atoms with Crippen molar-refractivity contribution < 1.29 is 19.4 Å². The summed E-state index contributed by atoms with van der Waals surface area (Å²) in [6.07, 6.45) is 9.18. The van der Waals surface area contributed by atoms with Gasteiger partial charge >= 0.3 is 0 Å². The molecule has 1 atom stereocenters. The van der Waals surface area contributed by atoms with E-state index in [0.29, 0.717) is 31.7 Å². The maximum atomic E-state index is 13.3. The van der Waals surface area contributed by atoms with Gasteiger partial charge in [-0.2, -0.15) is 0 Å². The fourth-order valence-electron chi connectivity index (χ4n) is 4.72. The predicted molar refractivity (Wildman–Crippen MR) is 143 cm³/mol. The first-order valence-electron chi connectivity index (χ1n) is 12.9. The molecule has 2 aromatic carbocycles. The second-order valence-electron chi connectivity index (χ2n) is 9.59. The number of aryl methyl sites for hydroxylation is 3. The van der Waals surface area contributed by atoms with Gasteiger partial charge in [-0.3, -0.25) is 9.59 Å². The van der Waals surface area contributed by atoms with Crippen LogP contribution in [0.2, 0.25) is 0 Å². The van der Waals surface area contributed by atoms with Gasteiger partial charge in [0.2, 0.25) is 0 Å². The van der Waals surface area contributed by atoms with Crippen LogP contribution in [-0.2, 0) is 16.1 Å². The molecule has 1 aliphatic heterocycles. The van der Waals surface area contributed by atoms with Crippen LogP contribution in [0.3, 0.4) is 0 Å². The monoisotopic (exact) mass is 501 g/mol. The Morgan fingerprint density at radius 2 is 1.81 bits per heavy atom. The van der Waals surface area contributed by atoms with Crippen molar-refractivity contribution >= 4 is 17.4 Å². The lowest BCUT2D eigenvalue weighted by Crippen LogP contribution is -2.31. The number of hydrogen-bond donors (Lipinski definition) is 1. The number of Topliss-reactive ketones (excluding diaryl/α,β-unsaturated/α-hetero) is 1. The lowest BCUT2D eigenvalue weighted by atomic mass is 9.93. The summed E-state index contributed by atoms with van der Waals surface area (Å²) in [5.74, 6) is -0.652. The number of amides is 1. The molecular weight excluding hydrogens is 466 g/mol. The number of carbonyl (C=O) groups is 2. The smallest absolute Gasteiger partial charge is 0.295 e. The summed E-state index contributed by atoms with van der Waals surface area (Å²) < 4.78 is 7.79. The molecule has 0 saturated carbocycles. The van der Waals surface area contributed by atoms with Crippen LogP contribution in [0.4, 0.5) is 0 Å². The van der Waals surface area contributed by atoms with Gasteiger partial charge in [0, 0.05) is 31.0 Å².